The Balaban J connectivity index is 1.73. The summed E-state index contributed by atoms with van der Waals surface area (Å²) in [5.41, 5.74) is 5.21. The number of rotatable bonds is 9. The van der Waals surface area contributed by atoms with E-state index in [4.69, 9.17) is 26.4 Å². The van der Waals surface area contributed by atoms with Gasteiger partial charge in [0, 0.05) is 5.56 Å². The second kappa shape index (κ2) is 12.3. The van der Waals surface area contributed by atoms with Crippen molar-refractivity contribution >= 4 is 29.1 Å². The summed E-state index contributed by atoms with van der Waals surface area (Å²) in [4.78, 5) is 24.2. The molecule has 0 aromatic heterocycles. The van der Waals surface area contributed by atoms with Crippen LogP contribution in [0.25, 0.3) is 0 Å². The number of methoxy groups -OCH3 is 1. The molecule has 160 valence electrons. The summed E-state index contributed by atoms with van der Waals surface area (Å²) < 4.78 is 16.0. The molecule has 8 nitrogen and oxygen atoms in total. The van der Waals surface area contributed by atoms with Gasteiger partial charge in [0.25, 0.3) is 11.8 Å². The molecule has 0 aliphatic rings. The summed E-state index contributed by atoms with van der Waals surface area (Å²) in [6.45, 7) is 2.43. The van der Waals surface area contributed by atoms with Gasteiger partial charge in [-0.2, -0.15) is 0 Å². The zero-order valence-electron chi connectivity index (χ0n) is 16.9. The molecule has 0 aliphatic carbocycles. The van der Waals surface area contributed by atoms with Gasteiger partial charge in [-0.1, -0.05) is 19.4 Å². The minimum atomic E-state index is -0.464. The number of thiocarbonyl (C=S) groups is 1. The molecule has 0 bridgehead atoms. The first-order valence-corrected chi connectivity index (χ1v) is 9.82. The zero-order chi connectivity index (χ0) is 21.8. The van der Waals surface area contributed by atoms with Crippen molar-refractivity contribution < 1.29 is 23.8 Å². The standard InChI is InChI=1S/C21H25N3O5S/c1-3-4-12-28-18-7-5-6-15(13-18)20(26)22-21(30)24-23-19(25)14-29-17-10-8-16(27-2)9-11-17/h5-11,13H,3-4,12,14H2,1-2H3,(H,23,25)(H2,22,24,26,30). The number of ether oxygens (including phenoxy) is 3. The molecule has 2 rings (SSSR count). The molecule has 0 fully saturated rings. The van der Waals surface area contributed by atoms with Crippen molar-refractivity contribution in [2.45, 2.75) is 19.8 Å². The Morgan fingerprint density at radius 1 is 0.967 bits per heavy atom. The highest BCUT2D eigenvalue weighted by Crippen LogP contribution is 2.16. The van der Waals surface area contributed by atoms with Crippen LogP contribution < -0.4 is 30.4 Å². The highest BCUT2D eigenvalue weighted by molar-refractivity contribution is 7.80. The SMILES string of the molecule is CCCCOc1cccc(C(=O)NC(=S)NNC(=O)COc2ccc(OC)cc2)c1. The Morgan fingerprint density at radius 2 is 1.70 bits per heavy atom. The van der Waals surface area contributed by atoms with E-state index in [0.29, 0.717) is 29.4 Å². The lowest BCUT2D eigenvalue weighted by Crippen LogP contribution is -2.49. The maximum Gasteiger partial charge on any atom is 0.276 e. The smallest absolute Gasteiger partial charge is 0.276 e. The van der Waals surface area contributed by atoms with Gasteiger partial charge in [0.2, 0.25) is 0 Å². The highest BCUT2D eigenvalue weighted by atomic mass is 32.1. The van der Waals surface area contributed by atoms with Crippen LogP contribution in [-0.2, 0) is 4.79 Å². The average Bonchev–Trinajstić information content (AvgIpc) is 2.77. The van der Waals surface area contributed by atoms with Gasteiger partial charge in [-0.25, -0.2) is 0 Å². The van der Waals surface area contributed by atoms with Crippen LogP contribution in [0, 0.1) is 0 Å². The van der Waals surface area contributed by atoms with E-state index in [1.54, 1.807) is 55.6 Å². The van der Waals surface area contributed by atoms with Crippen molar-refractivity contribution in [3.63, 3.8) is 0 Å². The first kappa shape index (κ1) is 23.0. The van der Waals surface area contributed by atoms with Crippen LogP contribution in [0.5, 0.6) is 17.2 Å². The number of amides is 2. The van der Waals surface area contributed by atoms with E-state index in [1.165, 1.54) is 0 Å². The van der Waals surface area contributed by atoms with Crippen molar-refractivity contribution in [3.8, 4) is 17.2 Å². The van der Waals surface area contributed by atoms with Gasteiger partial charge in [0.05, 0.1) is 13.7 Å². The normalized spacial score (nSPS) is 9.93. The Labute approximate surface area is 180 Å². The average molecular weight is 432 g/mol. The Morgan fingerprint density at radius 3 is 2.40 bits per heavy atom. The summed E-state index contributed by atoms with van der Waals surface area (Å²) in [6, 6.07) is 13.6. The molecule has 9 heteroatoms. The monoisotopic (exact) mass is 431 g/mol. The molecule has 0 atom stereocenters. The fourth-order valence-corrected chi connectivity index (χ4v) is 2.40. The van der Waals surface area contributed by atoms with E-state index in [-0.39, 0.29) is 11.7 Å². The number of benzene rings is 2. The molecule has 2 aromatic carbocycles. The predicted octanol–water partition coefficient (Wildman–Crippen LogP) is 2.59. The van der Waals surface area contributed by atoms with Crippen molar-refractivity contribution in [2.75, 3.05) is 20.3 Å². The Hall–Kier alpha value is -3.33. The summed E-state index contributed by atoms with van der Waals surface area (Å²) in [6.07, 6.45) is 1.96. The molecule has 0 radical (unpaired) electrons. The van der Waals surface area contributed by atoms with Gasteiger partial charge in [-0.3, -0.25) is 25.8 Å². The number of carbonyl (C=O) groups is 2. The van der Waals surface area contributed by atoms with Gasteiger partial charge in [0.15, 0.2) is 11.7 Å². The molecule has 2 amide bonds. The molecule has 30 heavy (non-hydrogen) atoms. The molecule has 0 saturated carbocycles. The summed E-state index contributed by atoms with van der Waals surface area (Å²) in [5.74, 6) is 0.931. The third kappa shape index (κ3) is 7.96. The van der Waals surface area contributed by atoms with Crippen LogP contribution in [0.2, 0.25) is 0 Å². The van der Waals surface area contributed by atoms with E-state index in [0.717, 1.165) is 12.8 Å². The number of carbonyl (C=O) groups excluding carboxylic acids is 2. The van der Waals surface area contributed by atoms with Gasteiger partial charge in [-0.15, -0.1) is 0 Å². The van der Waals surface area contributed by atoms with Crippen molar-refractivity contribution in [2.24, 2.45) is 0 Å². The van der Waals surface area contributed by atoms with Crippen LogP contribution >= 0.6 is 12.2 Å². The van der Waals surface area contributed by atoms with Gasteiger partial charge < -0.3 is 14.2 Å². The van der Waals surface area contributed by atoms with Gasteiger partial charge >= 0.3 is 0 Å². The lowest BCUT2D eigenvalue weighted by molar-refractivity contribution is -0.123. The van der Waals surface area contributed by atoms with Crippen LogP contribution in [0.3, 0.4) is 0 Å². The highest BCUT2D eigenvalue weighted by Gasteiger charge is 2.10. The van der Waals surface area contributed by atoms with Crippen LogP contribution in [0.1, 0.15) is 30.1 Å². The largest absolute Gasteiger partial charge is 0.497 e. The number of unbranched alkanes of at least 4 members (excludes halogenated alkanes) is 1. The molecule has 0 heterocycles. The minimum absolute atomic E-state index is 0.0462. The molecule has 2 aromatic rings. The molecular formula is C21H25N3O5S. The third-order valence-corrected chi connectivity index (χ3v) is 4.04. The summed E-state index contributed by atoms with van der Waals surface area (Å²) in [5, 5.41) is 2.44. The molecule has 0 spiro atoms. The fourth-order valence-electron chi connectivity index (χ4n) is 2.25. The topological polar surface area (TPSA) is 97.9 Å². The second-order valence-electron chi connectivity index (χ2n) is 6.15. The maximum absolute atomic E-state index is 12.3. The second-order valence-corrected chi connectivity index (χ2v) is 6.56. The zero-order valence-corrected chi connectivity index (χ0v) is 17.7. The minimum Gasteiger partial charge on any atom is -0.497 e. The van der Waals surface area contributed by atoms with E-state index in [1.807, 2.05) is 0 Å². The van der Waals surface area contributed by atoms with E-state index >= 15 is 0 Å². The van der Waals surface area contributed by atoms with Crippen LogP contribution in [-0.4, -0.2) is 37.3 Å². The Bertz CT molecular complexity index is 858. The number of hydrogen-bond donors (Lipinski definition) is 3. The number of hydrogen-bond acceptors (Lipinski definition) is 6. The lowest BCUT2D eigenvalue weighted by Gasteiger charge is -2.12. The van der Waals surface area contributed by atoms with E-state index < -0.39 is 11.8 Å². The molecule has 0 unspecified atom stereocenters. The van der Waals surface area contributed by atoms with Crippen LogP contribution in [0.15, 0.2) is 48.5 Å². The van der Waals surface area contributed by atoms with Crippen molar-refractivity contribution in [1.82, 2.24) is 16.2 Å². The number of nitrogens with one attached hydrogen (secondary N) is 3. The number of hydrazine groups is 1. The quantitative estimate of drug-likeness (QED) is 0.319. The summed E-state index contributed by atoms with van der Waals surface area (Å²) in [7, 11) is 1.56. The molecule has 3 N–H and O–H groups in total. The van der Waals surface area contributed by atoms with E-state index in [2.05, 4.69) is 23.1 Å². The van der Waals surface area contributed by atoms with Gasteiger partial charge in [0.1, 0.15) is 17.2 Å². The Kier molecular flexibility index (Phi) is 9.39. The molecular weight excluding hydrogens is 406 g/mol. The first-order valence-electron chi connectivity index (χ1n) is 9.41. The van der Waals surface area contributed by atoms with Crippen molar-refractivity contribution in [3.05, 3.63) is 54.1 Å². The summed E-state index contributed by atoms with van der Waals surface area (Å²) >= 11 is 5.03. The maximum atomic E-state index is 12.3. The first-order chi connectivity index (χ1) is 14.5. The predicted molar refractivity (Wildman–Crippen MR) is 117 cm³/mol. The molecule has 0 saturated heterocycles. The lowest BCUT2D eigenvalue weighted by atomic mass is 10.2. The molecule has 0 aliphatic heterocycles. The third-order valence-electron chi connectivity index (χ3n) is 3.83. The van der Waals surface area contributed by atoms with Gasteiger partial charge in [-0.05, 0) is 61.1 Å². The van der Waals surface area contributed by atoms with Crippen molar-refractivity contribution in [1.29, 1.82) is 0 Å². The van der Waals surface area contributed by atoms with E-state index in [9.17, 15) is 9.59 Å². The van der Waals surface area contributed by atoms with Crippen LogP contribution in [0.4, 0.5) is 0 Å². The fraction of sp³-hybridized carbons (Fsp3) is 0.286.